The summed E-state index contributed by atoms with van der Waals surface area (Å²) in [5.41, 5.74) is 16.9. The highest BCUT2D eigenvalue weighted by atomic mass is 19.1. The van der Waals surface area contributed by atoms with Gasteiger partial charge in [0.15, 0.2) is 5.96 Å². The van der Waals surface area contributed by atoms with Gasteiger partial charge in [-0.2, -0.15) is 0 Å². The van der Waals surface area contributed by atoms with E-state index in [0.717, 1.165) is 0 Å². The van der Waals surface area contributed by atoms with Crippen LogP contribution in [-0.4, -0.2) is 23.8 Å². The summed E-state index contributed by atoms with van der Waals surface area (Å²) in [4.78, 5) is 3.81. The van der Waals surface area contributed by atoms with E-state index in [-0.39, 0.29) is 5.96 Å². The highest BCUT2D eigenvalue weighted by molar-refractivity contribution is 5.78. The number of nitrogens with two attached hydrogens (primary N) is 3. The molecular formula is C10H15FN4O. The molecule has 16 heavy (non-hydrogen) atoms. The van der Waals surface area contributed by atoms with E-state index in [1.54, 1.807) is 24.3 Å². The predicted molar refractivity (Wildman–Crippen MR) is 60.8 cm³/mol. The predicted octanol–water partition coefficient (Wildman–Crippen LogP) is -0.0783. The van der Waals surface area contributed by atoms with Gasteiger partial charge in [0.25, 0.3) is 0 Å². The first kappa shape index (κ1) is 12.4. The smallest absolute Gasteiger partial charge is 0.191 e. The van der Waals surface area contributed by atoms with Crippen molar-refractivity contribution in [2.24, 2.45) is 22.2 Å². The second-order valence-electron chi connectivity index (χ2n) is 3.39. The van der Waals surface area contributed by atoms with Crippen molar-refractivity contribution < 1.29 is 9.50 Å². The number of halogens is 1. The van der Waals surface area contributed by atoms with Crippen molar-refractivity contribution in [2.75, 3.05) is 6.67 Å². The number of nitrogens with zero attached hydrogens (tertiary/aromatic N) is 1. The van der Waals surface area contributed by atoms with Gasteiger partial charge in [0.1, 0.15) is 6.67 Å². The molecule has 0 aliphatic heterocycles. The van der Waals surface area contributed by atoms with Gasteiger partial charge in [-0.05, 0) is 17.7 Å². The Hall–Kier alpha value is -1.66. The number of guanidine groups is 1. The molecule has 5 nitrogen and oxygen atoms in total. The fraction of sp³-hybridized carbons (Fsp3) is 0.300. The van der Waals surface area contributed by atoms with E-state index in [2.05, 4.69) is 4.99 Å². The molecule has 0 fully saturated rings. The van der Waals surface area contributed by atoms with Crippen molar-refractivity contribution >= 4 is 11.6 Å². The zero-order valence-corrected chi connectivity index (χ0v) is 8.68. The summed E-state index contributed by atoms with van der Waals surface area (Å²) in [7, 11) is 0. The zero-order chi connectivity index (χ0) is 12.1. The maximum absolute atomic E-state index is 12.2. The van der Waals surface area contributed by atoms with Crippen molar-refractivity contribution in [1.29, 1.82) is 0 Å². The van der Waals surface area contributed by atoms with Gasteiger partial charge in [0.05, 0.1) is 17.8 Å². The van der Waals surface area contributed by atoms with Gasteiger partial charge in [-0.15, -0.1) is 0 Å². The molecule has 1 aromatic carbocycles. The molecule has 0 aromatic heterocycles. The van der Waals surface area contributed by atoms with Crippen LogP contribution in [-0.2, 0) is 0 Å². The monoisotopic (exact) mass is 226 g/mol. The van der Waals surface area contributed by atoms with Crippen LogP contribution in [0.1, 0.15) is 11.7 Å². The standard InChI is InChI=1S/C10H15FN4O/c11-5-8(12)9(16)6-1-3-7(4-2-6)15-10(13)14/h1-4,8-9,16H,5,12H2,(H4,13,14,15)/t8-,9-/m1/s1. The van der Waals surface area contributed by atoms with Crippen molar-refractivity contribution in [3.05, 3.63) is 29.8 Å². The quantitative estimate of drug-likeness (QED) is 0.425. The molecule has 0 heterocycles. The fourth-order valence-corrected chi connectivity index (χ4v) is 1.23. The van der Waals surface area contributed by atoms with Crippen LogP contribution in [0.5, 0.6) is 0 Å². The Morgan fingerprint density at radius 2 is 1.88 bits per heavy atom. The van der Waals surface area contributed by atoms with Crippen molar-refractivity contribution in [3.8, 4) is 0 Å². The zero-order valence-electron chi connectivity index (χ0n) is 8.68. The molecule has 0 aliphatic rings. The van der Waals surface area contributed by atoms with E-state index < -0.39 is 18.8 Å². The summed E-state index contributed by atoms with van der Waals surface area (Å²) in [6.45, 7) is -0.781. The van der Waals surface area contributed by atoms with E-state index in [0.29, 0.717) is 11.3 Å². The maximum Gasteiger partial charge on any atom is 0.191 e. The van der Waals surface area contributed by atoms with Gasteiger partial charge in [-0.25, -0.2) is 9.38 Å². The second-order valence-corrected chi connectivity index (χ2v) is 3.39. The van der Waals surface area contributed by atoms with Crippen molar-refractivity contribution in [1.82, 2.24) is 0 Å². The third kappa shape index (κ3) is 3.18. The third-order valence-corrected chi connectivity index (χ3v) is 2.08. The molecule has 0 amide bonds. The number of hydrogen-bond acceptors (Lipinski definition) is 3. The lowest BCUT2D eigenvalue weighted by Gasteiger charge is -2.15. The normalized spacial score (nSPS) is 14.2. The average molecular weight is 226 g/mol. The number of aliphatic hydroxyl groups excluding tert-OH is 1. The Morgan fingerprint density at radius 3 is 2.31 bits per heavy atom. The van der Waals surface area contributed by atoms with Crippen molar-refractivity contribution in [3.63, 3.8) is 0 Å². The van der Waals surface area contributed by atoms with Crippen LogP contribution < -0.4 is 17.2 Å². The van der Waals surface area contributed by atoms with Gasteiger partial charge in [-0.1, -0.05) is 12.1 Å². The summed E-state index contributed by atoms with van der Waals surface area (Å²) in [5.74, 6) is -0.0474. The summed E-state index contributed by atoms with van der Waals surface area (Å²) >= 11 is 0. The molecule has 7 N–H and O–H groups in total. The molecule has 0 saturated carbocycles. The minimum Gasteiger partial charge on any atom is -0.387 e. The number of rotatable bonds is 4. The van der Waals surface area contributed by atoms with Gasteiger partial charge in [0, 0.05) is 0 Å². The molecule has 1 rings (SSSR count). The number of alkyl halides is 1. The van der Waals surface area contributed by atoms with Crippen LogP contribution in [0.25, 0.3) is 0 Å². The third-order valence-electron chi connectivity index (χ3n) is 2.08. The molecule has 0 unspecified atom stereocenters. The Bertz CT molecular complexity index is 362. The van der Waals surface area contributed by atoms with Crippen molar-refractivity contribution in [2.45, 2.75) is 12.1 Å². The molecule has 6 heteroatoms. The maximum atomic E-state index is 12.2. The lowest BCUT2D eigenvalue weighted by molar-refractivity contribution is 0.132. The Balaban J connectivity index is 2.82. The SMILES string of the molecule is NC(N)=Nc1ccc([C@@H](O)[C@H](N)CF)cc1. The molecule has 1 aromatic rings. The van der Waals surface area contributed by atoms with Crippen LogP contribution in [0.3, 0.4) is 0 Å². The van der Waals surface area contributed by atoms with E-state index in [4.69, 9.17) is 17.2 Å². The summed E-state index contributed by atoms with van der Waals surface area (Å²) in [6.07, 6.45) is -1.03. The fourth-order valence-electron chi connectivity index (χ4n) is 1.23. The minimum absolute atomic E-state index is 0.0474. The number of aliphatic hydroxyl groups is 1. The van der Waals surface area contributed by atoms with E-state index >= 15 is 0 Å². The molecule has 0 saturated heterocycles. The molecule has 0 aliphatic carbocycles. The van der Waals surface area contributed by atoms with E-state index in [1.807, 2.05) is 0 Å². The molecule has 2 atom stereocenters. The van der Waals surface area contributed by atoms with E-state index in [9.17, 15) is 9.50 Å². The molecule has 0 spiro atoms. The summed E-state index contributed by atoms with van der Waals surface area (Å²) in [5, 5.41) is 9.61. The van der Waals surface area contributed by atoms with Gasteiger partial charge >= 0.3 is 0 Å². The minimum atomic E-state index is -1.03. The van der Waals surface area contributed by atoms with Crippen LogP contribution in [0, 0.1) is 0 Å². The van der Waals surface area contributed by atoms with Gasteiger partial charge in [0.2, 0.25) is 0 Å². The van der Waals surface area contributed by atoms with Gasteiger partial charge < -0.3 is 22.3 Å². The molecule has 0 bridgehead atoms. The molecular weight excluding hydrogens is 211 g/mol. The summed E-state index contributed by atoms with van der Waals surface area (Å²) in [6, 6.07) is 5.50. The molecule has 0 radical (unpaired) electrons. The Kier molecular flexibility index (Phi) is 4.21. The Labute approximate surface area is 92.8 Å². The van der Waals surface area contributed by atoms with Crippen LogP contribution in [0.4, 0.5) is 10.1 Å². The van der Waals surface area contributed by atoms with Gasteiger partial charge in [-0.3, -0.25) is 0 Å². The average Bonchev–Trinajstić information content (AvgIpc) is 2.27. The second kappa shape index (κ2) is 5.43. The topological polar surface area (TPSA) is 111 Å². The first-order valence-electron chi connectivity index (χ1n) is 4.73. The lowest BCUT2D eigenvalue weighted by atomic mass is 10.0. The molecule has 88 valence electrons. The van der Waals surface area contributed by atoms with E-state index in [1.165, 1.54) is 0 Å². The van der Waals surface area contributed by atoms with Crippen LogP contribution in [0.2, 0.25) is 0 Å². The van der Waals surface area contributed by atoms with Crippen LogP contribution >= 0.6 is 0 Å². The highest BCUT2D eigenvalue weighted by Gasteiger charge is 2.16. The first-order valence-corrected chi connectivity index (χ1v) is 4.73. The first-order chi connectivity index (χ1) is 7.54. The number of aliphatic imine (C=N–C) groups is 1. The highest BCUT2D eigenvalue weighted by Crippen LogP contribution is 2.19. The largest absolute Gasteiger partial charge is 0.387 e. The Morgan fingerprint density at radius 1 is 1.31 bits per heavy atom. The van der Waals surface area contributed by atoms with Crippen LogP contribution in [0.15, 0.2) is 29.3 Å². The number of hydrogen-bond donors (Lipinski definition) is 4. The summed E-state index contributed by atoms with van der Waals surface area (Å²) < 4.78 is 12.2. The number of benzene rings is 1. The lowest BCUT2D eigenvalue weighted by Crippen LogP contribution is -2.30.